The molecular weight excluding hydrogens is 288 g/mol. The maximum atomic E-state index is 12.3. The largest absolute Gasteiger partial charge is 0.349 e. The molecule has 116 valence electrons. The number of hydrogen-bond acceptors (Lipinski definition) is 4. The molecule has 2 heterocycles. The van der Waals surface area contributed by atoms with Crippen LogP contribution in [-0.2, 0) is 0 Å². The lowest BCUT2D eigenvalue weighted by atomic mass is 10.2. The molecule has 1 aromatic heterocycles. The van der Waals surface area contributed by atoms with Crippen LogP contribution in [0.25, 0.3) is 0 Å². The molecule has 0 aliphatic carbocycles. The Labute approximate surface area is 131 Å². The lowest BCUT2D eigenvalue weighted by molar-refractivity contribution is 0.0936. The van der Waals surface area contributed by atoms with E-state index in [4.69, 9.17) is 11.6 Å². The molecule has 0 saturated carbocycles. The van der Waals surface area contributed by atoms with Crippen LogP contribution in [0.3, 0.4) is 0 Å². The molecular formula is C15H23ClN4O. The summed E-state index contributed by atoms with van der Waals surface area (Å²) in [4.78, 5) is 23.1. The highest BCUT2D eigenvalue weighted by Crippen LogP contribution is 2.18. The number of nitrogens with one attached hydrogen (secondary N) is 1. The van der Waals surface area contributed by atoms with Crippen molar-refractivity contribution in [2.24, 2.45) is 0 Å². The summed E-state index contributed by atoms with van der Waals surface area (Å²) < 4.78 is 0. The Morgan fingerprint density at radius 1 is 1.57 bits per heavy atom. The molecule has 1 fully saturated rings. The van der Waals surface area contributed by atoms with Gasteiger partial charge in [-0.05, 0) is 25.9 Å². The Hall–Kier alpha value is -1.20. The number of amides is 1. The summed E-state index contributed by atoms with van der Waals surface area (Å²) in [5.41, 5.74) is 0.274. The maximum absolute atomic E-state index is 12.3. The Morgan fingerprint density at radius 3 is 3.00 bits per heavy atom. The summed E-state index contributed by atoms with van der Waals surface area (Å²) in [7, 11) is 0. The van der Waals surface area contributed by atoms with Crippen LogP contribution in [0.5, 0.6) is 0 Å². The molecule has 1 aliphatic rings. The zero-order valence-corrected chi connectivity index (χ0v) is 13.7. The van der Waals surface area contributed by atoms with Gasteiger partial charge in [0.2, 0.25) is 0 Å². The van der Waals surface area contributed by atoms with Crippen LogP contribution >= 0.6 is 11.6 Å². The standard InChI is InChI=1S/C15H23ClN4O/c1-4-20-7-5-6-11(20)8-18-15(21)13-12(16)9-17-14(19-13)10(2)3/h9-11H,4-8H2,1-3H3,(H,18,21). The summed E-state index contributed by atoms with van der Waals surface area (Å²) in [6.45, 7) is 8.90. The van der Waals surface area contributed by atoms with Crippen molar-refractivity contribution in [3.8, 4) is 0 Å². The first-order valence-electron chi connectivity index (χ1n) is 7.57. The molecule has 0 spiro atoms. The molecule has 1 saturated heterocycles. The fourth-order valence-electron chi connectivity index (χ4n) is 2.66. The quantitative estimate of drug-likeness (QED) is 0.907. The number of nitrogens with zero attached hydrogens (tertiary/aromatic N) is 3. The zero-order chi connectivity index (χ0) is 15.4. The monoisotopic (exact) mass is 310 g/mol. The van der Waals surface area contributed by atoms with Crippen LogP contribution in [0.4, 0.5) is 0 Å². The van der Waals surface area contributed by atoms with Gasteiger partial charge in [0.05, 0.1) is 11.2 Å². The van der Waals surface area contributed by atoms with Crippen molar-refractivity contribution in [2.75, 3.05) is 19.6 Å². The smallest absolute Gasteiger partial charge is 0.271 e. The third-order valence-corrected chi connectivity index (χ3v) is 4.17. The van der Waals surface area contributed by atoms with Crippen molar-refractivity contribution in [3.05, 3.63) is 22.7 Å². The molecule has 2 rings (SSSR count). The van der Waals surface area contributed by atoms with Crippen molar-refractivity contribution in [1.29, 1.82) is 0 Å². The molecule has 1 amide bonds. The Morgan fingerprint density at radius 2 is 2.33 bits per heavy atom. The van der Waals surface area contributed by atoms with E-state index in [1.165, 1.54) is 12.6 Å². The normalized spacial score (nSPS) is 19.2. The first kappa shape index (κ1) is 16.2. The van der Waals surface area contributed by atoms with Crippen LogP contribution in [0.15, 0.2) is 6.20 Å². The predicted octanol–water partition coefficient (Wildman–Crippen LogP) is 2.47. The summed E-state index contributed by atoms with van der Waals surface area (Å²) in [5, 5.41) is 3.26. The predicted molar refractivity (Wildman–Crippen MR) is 83.7 cm³/mol. The Balaban J connectivity index is 2.01. The van der Waals surface area contributed by atoms with Gasteiger partial charge in [-0.3, -0.25) is 9.69 Å². The summed E-state index contributed by atoms with van der Waals surface area (Å²) >= 11 is 6.05. The van der Waals surface area contributed by atoms with Crippen molar-refractivity contribution in [2.45, 2.75) is 45.6 Å². The van der Waals surface area contributed by atoms with Crippen LogP contribution in [0, 0.1) is 0 Å². The molecule has 1 unspecified atom stereocenters. The van der Waals surface area contributed by atoms with Crippen LogP contribution in [0.1, 0.15) is 55.8 Å². The van der Waals surface area contributed by atoms with E-state index in [2.05, 4.69) is 27.1 Å². The summed E-state index contributed by atoms with van der Waals surface area (Å²) in [6.07, 6.45) is 3.83. The highest BCUT2D eigenvalue weighted by Gasteiger charge is 2.24. The van der Waals surface area contributed by atoms with E-state index < -0.39 is 0 Å². The number of carbonyl (C=O) groups excluding carboxylic acids is 1. The number of hydrogen-bond donors (Lipinski definition) is 1. The Bertz CT molecular complexity index is 506. The van der Waals surface area contributed by atoms with E-state index in [0.717, 1.165) is 19.5 Å². The molecule has 0 radical (unpaired) electrons. The lowest BCUT2D eigenvalue weighted by Crippen LogP contribution is -2.40. The number of rotatable bonds is 5. The van der Waals surface area contributed by atoms with Crippen LogP contribution in [-0.4, -0.2) is 46.5 Å². The minimum Gasteiger partial charge on any atom is -0.349 e. The van der Waals surface area contributed by atoms with Crippen molar-refractivity contribution in [1.82, 2.24) is 20.2 Å². The van der Waals surface area contributed by atoms with E-state index in [9.17, 15) is 4.79 Å². The van der Waals surface area contributed by atoms with Gasteiger partial charge in [-0.15, -0.1) is 0 Å². The minimum absolute atomic E-state index is 0.166. The van der Waals surface area contributed by atoms with Crippen molar-refractivity contribution >= 4 is 17.5 Å². The first-order chi connectivity index (χ1) is 10.0. The molecule has 0 aromatic carbocycles. The molecule has 6 heteroatoms. The zero-order valence-electron chi connectivity index (χ0n) is 12.9. The van der Waals surface area contributed by atoms with Gasteiger partial charge in [0.1, 0.15) is 11.5 Å². The summed E-state index contributed by atoms with van der Waals surface area (Å²) in [6, 6.07) is 0.420. The number of aromatic nitrogens is 2. The molecule has 1 N–H and O–H groups in total. The number of halogens is 1. The average Bonchev–Trinajstić information content (AvgIpc) is 2.92. The van der Waals surface area contributed by atoms with E-state index in [1.807, 2.05) is 13.8 Å². The number of likely N-dealkylation sites (tertiary alicyclic amines) is 1. The highest BCUT2D eigenvalue weighted by atomic mass is 35.5. The van der Waals surface area contributed by atoms with E-state index in [0.29, 0.717) is 23.4 Å². The summed E-state index contributed by atoms with van der Waals surface area (Å²) in [5.74, 6) is 0.590. The van der Waals surface area contributed by atoms with Crippen LogP contribution in [0.2, 0.25) is 5.02 Å². The van der Waals surface area contributed by atoms with Crippen molar-refractivity contribution in [3.63, 3.8) is 0 Å². The van der Waals surface area contributed by atoms with Gasteiger partial charge in [0.25, 0.3) is 5.91 Å². The first-order valence-corrected chi connectivity index (χ1v) is 7.95. The van der Waals surface area contributed by atoms with Gasteiger partial charge in [0, 0.05) is 18.5 Å². The lowest BCUT2D eigenvalue weighted by Gasteiger charge is -2.22. The Kier molecular flexibility index (Phi) is 5.53. The topological polar surface area (TPSA) is 58.1 Å². The molecule has 0 bridgehead atoms. The van der Waals surface area contributed by atoms with Gasteiger partial charge < -0.3 is 5.32 Å². The third-order valence-electron chi connectivity index (χ3n) is 3.90. The van der Waals surface area contributed by atoms with Crippen molar-refractivity contribution < 1.29 is 4.79 Å². The van der Waals surface area contributed by atoms with Gasteiger partial charge >= 0.3 is 0 Å². The molecule has 5 nitrogen and oxygen atoms in total. The van der Waals surface area contributed by atoms with Gasteiger partial charge in [-0.2, -0.15) is 0 Å². The molecule has 1 atom stereocenters. The van der Waals surface area contributed by atoms with Gasteiger partial charge in [-0.1, -0.05) is 32.4 Å². The van der Waals surface area contributed by atoms with Gasteiger partial charge in [0.15, 0.2) is 0 Å². The SMILES string of the molecule is CCN1CCCC1CNC(=O)c1nc(C(C)C)ncc1Cl. The second-order valence-electron chi connectivity index (χ2n) is 5.71. The second kappa shape index (κ2) is 7.18. The minimum atomic E-state index is -0.216. The van der Waals surface area contributed by atoms with E-state index in [-0.39, 0.29) is 17.5 Å². The number of carbonyl (C=O) groups is 1. The van der Waals surface area contributed by atoms with E-state index in [1.54, 1.807) is 0 Å². The van der Waals surface area contributed by atoms with Gasteiger partial charge in [-0.25, -0.2) is 9.97 Å². The fraction of sp³-hybridized carbons (Fsp3) is 0.667. The second-order valence-corrected chi connectivity index (χ2v) is 6.12. The third kappa shape index (κ3) is 3.92. The maximum Gasteiger partial charge on any atom is 0.271 e. The fourth-order valence-corrected chi connectivity index (χ4v) is 2.83. The molecule has 21 heavy (non-hydrogen) atoms. The van der Waals surface area contributed by atoms with E-state index >= 15 is 0 Å². The molecule has 1 aromatic rings. The average molecular weight is 311 g/mol. The number of likely N-dealkylation sites (N-methyl/N-ethyl adjacent to an activating group) is 1. The van der Waals surface area contributed by atoms with Crippen LogP contribution < -0.4 is 5.32 Å². The highest BCUT2D eigenvalue weighted by molar-refractivity contribution is 6.33. The molecule has 1 aliphatic heterocycles.